The molecule has 1 aromatic heterocycles. The van der Waals surface area contributed by atoms with Crippen LogP contribution in [0.3, 0.4) is 0 Å². The average molecular weight is 301 g/mol. The first-order chi connectivity index (χ1) is 9.20. The third kappa shape index (κ3) is 4.36. The van der Waals surface area contributed by atoms with Gasteiger partial charge in [-0.15, -0.1) is 10.2 Å². The zero-order chi connectivity index (χ0) is 13.7. The molecular formula is C12H23N5S2. The highest BCUT2D eigenvalue weighted by Gasteiger charge is 2.30. The minimum absolute atomic E-state index is 0.442. The Balaban J connectivity index is 2.01. The molecule has 2 heterocycles. The molecule has 1 aromatic rings. The van der Waals surface area contributed by atoms with Gasteiger partial charge in [0.05, 0.1) is 7.05 Å². The monoisotopic (exact) mass is 301 g/mol. The van der Waals surface area contributed by atoms with Crippen LogP contribution in [0.2, 0.25) is 0 Å². The second kappa shape index (κ2) is 7.50. The number of hydrogen-bond acceptors (Lipinski definition) is 6. The number of tetrazole rings is 1. The van der Waals surface area contributed by atoms with Gasteiger partial charge in [-0.2, -0.15) is 28.3 Å². The van der Waals surface area contributed by atoms with E-state index in [4.69, 9.17) is 0 Å². The third-order valence-electron chi connectivity index (χ3n) is 3.24. The van der Waals surface area contributed by atoms with E-state index in [1.54, 1.807) is 4.80 Å². The summed E-state index contributed by atoms with van der Waals surface area (Å²) in [5.41, 5.74) is 0. The van der Waals surface area contributed by atoms with Crippen molar-refractivity contribution in [2.75, 3.05) is 18.1 Å². The lowest BCUT2D eigenvalue weighted by Gasteiger charge is -2.34. The van der Waals surface area contributed by atoms with Crippen molar-refractivity contribution in [3.8, 4) is 0 Å². The van der Waals surface area contributed by atoms with Gasteiger partial charge in [0.1, 0.15) is 0 Å². The van der Waals surface area contributed by atoms with Crippen molar-refractivity contribution in [3.63, 3.8) is 0 Å². The van der Waals surface area contributed by atoms with Crippen LogP contribution in [-0.4, -0.2) is 54.8 Å². The smallest absolute Gasteiger partial charge is 0.176 e. The molecule has 0 saturated carbocycles. The first-order valence-corrected chi connectivity index (χ1v) is 9.00. The van der Waals surface area contributed by atoms with Crippen LogP contribution in [0.1, 0.15) is 26.1 Å². The Morgan fingerprint density at radius 2 is 2.21 bits per heavy atom. The van der Waals surface area contributed by atoms with Gasteiger partial charge >= 0.3 is 0 Å². The SMILES string of the molecule is CCCNC(Cc1nnn(C)n1)C1SCCSC1C. The van der Waals surface area contributed by atoms with Crippen LogP contribution in [0.5, 0.6) is 0 Å². The Morgan fingerprint density at radius 3 is 2.84 bits per heavy atom. The molecule has 7 heteroatoms. The number of nitrogens with zero attached hydrogens (tertiary/aromatic N) is 4. The van der Waals surface area contributed by atoms with Crippen molar-refractivity contribution in [1.82, 2.24) is 25.5 Å². The van der Waals surface area contributed by atoms with Crippen LogP contribution >= 0.6 is 23.5 Å². The maximum Gasteiger partial charge on any atom is 0.176 e. The summed E-state index contributed by atoms with van der Waals surface area (Å²) >= 11 is 4.17. The van der Waals surface area contributed by atoms with Crippen molar-refractivity contribution < 1.29 is 0 Å². The number of hydrogen-bond donors (Lipinski definition) is 1. The summed E-state index contributed by atoms with van der Waals surface area (Å²) in [6.07, 6.45) is 2.03. The van der Waals surface area contributed by atoms with Crippen molar-refractivity contribution >= 4 is 23.5 Å². The van der Waals surface area contributed by atoms with Crippen LogP contribution in [0, 0.1) is 0 Å². The summed E-state index contributed by atoms with van der Waals surface area (Å²) in [5.74, 6) is 3.36. The van der Waals surface area contributed by atoms with E-state index in [0.29, 0.717) is 16.5 Å². The van der Waals surface area contributed by atoms with Gasteiger partial charge in [0, 0.05) is 34.5 Å². The minimum Gasteiger partial charge on any atom is -0.312 e. The first-order valence-electron chi connectivity index (χ1n) is 6.90. The van der Waals surface area contributed by atoms with Gasteiger partial charge in [0.25, 0.3) is 0 Å². The van der Waals surface area contributed by atoms with E-state index >= 15 is 0 Å². The van der Waals surface area contributed by atoms with E-state index < -0.39 is 0 Å². The lowest BCUT2D eigenvalue weighted by Crippen LogP contribution is -2.46. The molecule has 19 heavy (non-hydrogen) atoms. The standard InChI is InChI=1S/C12H23N5S2/c1-4-5-13-10(8-11-14-16-17(3)15-11)12-9(2)18-6-7-19-12/h9-10,12-13H,4-8H2,1-3H3. The van der Waals surface area contributed by atoms with Gasteiger partial charge in [0.15, 0.2) is 5.82 Å². The predicted octanol–water partition coefficient (Wildman–Crippen LogP) is 1.36. The Morgan fingerprint density at radius 1 is 1.42 bits per heavy atom. The zero-order valence-electron chi connectivity index (χ0n) is 11.9. The number of aromatic nitrogens is 4. The Labute approximate surface area is 123 Å². The van der Waals surface area contributed by atoms with E-state index in [1.165, 1.54) is 11.5 Å². The molecule has 1 N–H and O–H groups in total. The van der Waals surface area contributed by atoms with Crippen LogP contribution in [0.25, 0.3) is 0 Å². The Kier molecular flexibility index (Phi) is 5.97. The van der Waals surface area contributed by atoms with Crippen LogP contribution < -0.4 is 5.32 Å². The summed E-state index contributed by atoms with van der Waals surface area (Å²) < 4.78 is 0. The number of aryl methyl sites for hydroxylation is 1. The maximum atomic E-state index is 4.32. The first kappa shape index (κ1) is 15.1. The highest BCUT2D eigenvalue weighted by atomic mass is 32.2. The van der Waals surface area contributed by atoms with E-state index in [2.05, 4.69) is 58.1 Å². The molecule has 3 unspecified atom stereocenters. The fourth-order valence-electron chi connectivity index (χ4n) is 2.33. The number of rotatable bonds is 6. The van der Waals surface area contributed by atoms with Crippen molar-refractivity contribution in [1.29, 1.82) is 0 Å². The molecule has 1 saturated heterocycles. The van der Waals surface area contributed by atoms with E-state index in [9.17, 15) is 0 Å². The second-order valence-corrected chi connectivity index (χ2v) is 7.64. The predicted molar refractivity (Wildman–Crippen MR) is 82.7 cm³/mol. The molecule has 0 bridgehead atoms. The minimum atomic E-state index is 0.442. The molecule has 0 radical (unpaired) electrons. The zero-order valence-corrected chi connectivity index (χ0v) is 13.5. The molecule has 0 amide bonds. The Bertz CT molecular complexity index is 384. The van der Waals surface area contributed by atoms with Crippen LogP contribution in [0.15, 0.2) is 0 Å². The molecule has 5 nitrogen and oxygen atoms in total. The topological polar surface area (TPSA) is 55.6 Å². The third-order valence-corrected chi connectivity index (χ3v) is 6.49. The number of nitrogens with one attached hydrogen (secondary N) is 1. The summed E-state index contributed by atoms with van der Waals surface area (Å²) in [4.78, 5) is 1.54. The maximum absolute atomic E-state index is 4.32. The largest absolute Gasteiger partial charge is 0.312 e. The molecule has 0 aromatic carbocycles. The van der Waals surface area contributed by atoms with Crippen molar-refractivity contribution in [2.45, 2.75) is 43.2 Å². The summed E-state index contributed by atoms with van der Waals surface area (Å²) in [6.45, 7) is 5.60. The highest BCUT2D eigenvalue weighted by Crippen LogP contribution is 2.33. The van der Waals surface area contributed by atoms with Gasteiger partial charge < -0.3 is 5.32 Å². The lowest BCUT2D eigenvalue weighted by atomic mass is 10.1. The molecule has 1 aliphatic heterocycles. The van der Waals surface area contributed by atoms with Gasteiger partial charge in [-0.3, -0.25) is 0 Å². The van der Waals surface area contributed by atoms with Gasteiger partial charge in [-0.25, -0.2) is 0 Å². The quantitative estimate of drug-likeness (QED) is 0.856. The van der Waals surface area contributed by atoms with Gasteiger partial charge in [-0.05, 0) is 18.2 Å². The summed E-state index contributed by atoms with van der Waals surface area (Å²) in [6, 6.07) is 0.442. The summed E-state index contributed by atoms with van der Waals surface area (Å²) in [5, 5.41) is 17.4. The second-order valence-electron chi connectivity index (χ2n) is 4.87. The molecular weight excluding hydrogens is 278 g/mol. The van der Waals surface area contributed by atoms with Crippen LogP contribution in [0.4, 0.5) is 0 Å². The molecule has 0 spiro atoms. The number of thioether (sulfide) groups is 2. The molecule has 1 aliphatic rings. The lowest BCUT2D eigenvalue weighted by molar-refractivity contribution is 0.477. The molecule has 2 rings (SSSR count). The Hall–Kier alpha value is -0.270. The highest BCUT2D eigenvalue weighted by molar-refractivity contribution is 8.07. The van der Waals surface area contributed by atoms with E-state index in [1.807, 2.05) is 7.05 Å². The summed E-state index contributed by atoms with van der Waals surface area (Å²) in [7, 11) is 1.82. The molecule has 1 fully saturated rings. The normalized spacial score (nSPS) is 25.4. The van der Waals surface area contributed by atoms with Crippen LogP contribution in [-0.2, 0) is 13.5 Å². The van der Waals surface area contributed by atoms with Gasteiger partial charge in [-0.1, -0.05) is 13.8 Å². The van der Waals surface area contributed by atoms with Crippen molar-refractivity contribution in [3.05, 3.63) is 5.82 Å². The molecule has 0 aliphatic carbocycles. The molecule has 108 valence electrons. The van der Waals surface area contributed by atoms with Crippen molar-refractivity contribution in [2.24, 2.45) is 7.05 Å². The van der Waals surface area contributed by atoms with E-state index in [-0.39, 0.29) is 0 Å². The van der Waals surface area contributed by atoms with Gasteiger partial charge in [0.2, 0.25) is 0 Å². The molecule has 3 atom stereocenters. The average Bonchev–Trinajstić information content (AvgIpc) is 2.81. The van der Waals surface area contributed by atoms with E-state index in [0.717, 1.165) is 25.2 Å². The fraction of sp³-hybridized carbons (Fsp3) is 0.917. The fourth-order valence-corrected chi connectivity index (χ4v) is 5.29.